The first-order valence-corrected chi connectivity index (χ1v) is 10.8. The summed E-state index contributed by atoms with van der Waals surface area (Å²) in [4.78, 5) is 8.83. The summed E-state index contributed by atoms with van der Waals surface area (Å²) in [5, 5.41) is 8.35. The molecule has 2 aromatic rings. The predicted molar refractivity (Wildman–Crippen MR) is 105 cm³/mol. The lowest BCUT2D eigenvalue weighted by atomic mass is 9.90. The molecule has 5 nitrogen and oxygen atoms in total. The Morgan fingerprint density at radius 2 is 1.92 bits per heavy atom. The SMILES string of the molecule is Cc1ccc2ncnc(N[C@H]3CC[C@H](NC(C)C[S+](C)[O-])CC3)c2c1. The summed E-state index contributed by atoms with van der Waals surface area (Å²) in [6, 6.07) is 7.58. The molecule has 6 heteroatoms. The summed E-state index contributed by atoms with van der Waals surface area (Å²) < 4.78 is 11.3. The van der Waals surface area contributed by atoms with E-state index in [4.69, 9.17) is 0 Å². The molecule has 1 aliphatic rings. The van der Waals surface area contributed by atoms with Gasteiger partial charge in [-0.2, -0.15) is 0 Å². The molecule has 2 atom stereocenters. The van der Waals surface area contributed by atoms with Gasteiger partial charge in [-0.3, -0.25) is 0 Å². The topological polar surface area (TPSA) is 72.9 Å². The molecule has 2 unspecified atom stereocenters. The molecule has 136 valence electrons. The van der Waals surface area contributed by atoms with E-state index in [9.17, 15) is 4.55 Å². The summed E-state index contributed by atoms with van der Waals surface area (Å²) in [5.74, 6) is 1.67. The lowest BCUT2D eigenvalue weighted by Crippen LogP contribution is -2.43. The van der Waals surface area contributed by atoms with Crippen molar-refractivity contribution in [2.24, 2.45) is 0 Å². The molecule has 1 aliphatic carbocycles. The van der Waals surface area contributed by atoms with E-state index < -0.39 is 11.2 Å². The first kappa shape index (κ1) is 18.4. The van der Waals surface area contributed by atoms with Crippen LogP contribution in [0.5, 0.6) is 0 Å². The van der Waals surface area contributed by atoms with E-state index in [1.165, 1.54) is 5.56 Å². The Hall–Kier alpha value is -1.37. The smallest absolute Gasteiger partial charge is 0.137 e. The Labute approximate surface area is 153 Å². The number of fused-ring (bicyclic) bond motifs is 1. The quantitative estimate of drug-likeness (QED) is 0.775. The maximum absolute atomic E-state index is 11.3. The zero-order chi connectivity index (χ0) is 17.8. The monoisotopic (exact) mass is 360 g/mol. The highest BCUT2D eigenvalue weighted by Gasteiger charge is 2.23. The molecule has 0 bridgehead atoms. The third-order valence-electron chi connectivity index (χ3n) is 4.86. The molecule has 0 radical (unpaired) electrons. The second-order valence-corrected chi connectivity index (χ2v) is 8.72. The molecule has 0 saturated heterocycles. The van der Waals surface area contributed by atoms with Gasteiger partial charge < -0.3 is 15.2 Å². The summed E-state index contributed by atoms with van der Waals surface area (Å²) in [5.41, 5.74) is 2.21. The number of nitrogens with zero attached hydrogens (tertiary/aromatic N) is 2. The third kappa shape index (κ3) is 5.06. The normalized spacial score (nSPS) is 23.4. The van der Waals surface area contributed by atoms with E-state index in [1.807, 2.05) is 0 Å². The molecule has 0 spiro atoms. The number of aryl methyl sites for hydroxylation is 1. The molecule has 3 rings (SSSR count). The van der Waals surface area contributed by atoms with Gasteiger partial charge in [0.2, 0.25) is 0 Å². The number of benzene rings is 1. The molecule has 1 saturated carbocycles. The van der Waals surface area contributed by atoms with E-state index in [2.05, 4.69) is 52.6 Å². The number of aromatic nitrogens is 2. The fourth-order valence-electron chi connectivity index (χ4n) is 3.69. The van der Waals surface area contributed by atoms with Crippen LogP contribution in [0.4, 0.5) is 5.82 Å². The number of nitrogens with one attached hydrogen (secondary N) is 2. The van der Waals surface area contributed by atoms with Gasteiger partial charge in [0.05, 0.1) is 11.8 Å². The maximum Gasteiger partial charge on any atom is 0.137 e. The molecular formula is C19H28N4OS. The molecule has 25 heavy (non-hydrogen) atoms. The zero-order valence-corrected chi connectivity index (χ0v) is 16.1. The van der Waals surface area contributed by atoms with Crippen LogP contribution in [0.15, 0.2) is 24.5 Å². The molecule has 1 aromatic carbocycles. The summed E-state index contributed by atoms with van der Waals surface area (Å²) in [7, 11) is 0. The minimum Gasteiger partial charge on any atom is -0.617 e. The van der Waals surface area contributed by atoms with Crippen LogP contribution in [-0.4, -0.2) is 44.7 Å². The Bertz CT molecular complexity index is 701. The van der Waals surface area contributed by atoms with Gasteiger partial charge in [-0.15, -0.1) is 0 Å². The van der Waals surface area contributed by atoms with Gasteiger partial charge in [-0.25, -0.2) is 9.97 Å². The number of hydrogen-bond donors (Lipinski definition) is 2. The van der Waals surface area contributed by atoms with Crippen LogP contribution in [0.2, 0.25) is 0 Å². The molecule has 0 aliphatic heterocycles. The summed E-state index contributed by atoms with van der Waals surface area (Å²) >= 11 is -0.738. The zero-order valence-electron chi connectivity index (χ0n) is 15.3. The fraction of sp³-hybridized carbons (Fsp3) is 0.579. The van der Waals surface area contributed by atoms with Crippen molar-refractivity contribution in [2.75, 3.05) is 17.3 Å². The maximum atomic E-state index is 11.3. The minimum absolute atomic E-state index is 0.314. The second kappa shape index (κ2) is 8.34. The Balaban J connectivity index is 1.57. The van der Waals surface area contributed by atoms with Crippen molar-refractivity contribution in [3.05, 3.63) is 30.1 Å². The lowest BCUT2D eigenvalue weighted by Gasteiger charge is -2.32. The largest absolute Gasteiger partial charge is 0.617 e. The van der Waals surface area contributed by atoms with Crippen molar-refractivity contribution in [1.29, 1.82) is 0 Å². The molecule has 1 aromatic heterocycles. The van der Waals surface area contributed by atoms with Gasteiger partial charge in [-0.05, 0) is 51.7 Å². The third-order valence-corrected chi connectivity index (χ3v) is 5.83. The average Bonchev–Trinajstić information content (AvgIpc) is 2.56. The summed E-state index contributed by atoms with van der Waals surface area (Å²) in [6.07, 6.45) is 7.93. The Kier molecular flexibility index (Phi) is 6.15. The van der Waals surface area contributed by atoms with E-state index in [-0.39, 0.29) is 0 Å². The van der Waals surface area contributed by atoms with Gasteiger partial charge in [0.15, 0.2) is 0 Å². The van der Waals surface area contributed by atoms with Crippen molar-refractivity contribution in [2.45, 2.75) is 57.7 Å². The summed E-state index contributed by atoms with van der Waals surface area (Å²) in [6.45, 7) is 4.22. The predicted octanol–water partition coefficient (Wildman–Crippen LogP) is 3.02. The molecule has 2 N–H and O–H groups in total. The van der Waals surface area contributed by atoms with Gasteiger partial charge in [0, 0.05) is 23.5 Å². The van der Waals surface area contributed by atoms with E-state index in [1.54, 1.807) is 12.6 Å². The highest BCUT2D eigenvalue weighted by molar-refractivity contribution is 7.90. The van der Waals surface area contributed by atoms with Crippen LogP contribution >= 0.6 is 0 Å². The second-order valence-electron chi connectivity index (χ2n) is 7.24. The van der Waals surface area contributed by atoms with Crippen molar-refractivity contribution in [3.8, 4) is 0 Å². The van der Waals surface area contributed by atoms with Crippen molar-refractivity contribution in [1.82, 2.24) is 15.3 Å². The first-order chi connectivity index (χ1) is 12.0. The van der Waals surface area contributed by atoms with Crippen LogP contribution in [0, 0.1) is 6.92 Å². The highest BCUT2D eigenvalue weighted by Crippen LogP contribution is 2.26. The number of hydrogen-bond acceptors (Lipinski definition) is 5. The van der Waals surface area contributed by atoms with Crippen LogP contribution in [0.1, 0.15) is 38.2 Å². The van der Waals surface area contributed by atoms with Crippen LogP contribution < -0.4 is 10.6 Å². The Morgan fingerprint density at radius 3 is 2.64 bits per heavy atom. The van der Waals surface area contributed by atoms with Gasteiger partial charge in [0.1, 0.15) is 17.9 Å². The van der Waals surface area contributed by atoms with Crippen LogP contribution in [-0.2, 0) is 11.2 Å². The van der Waals surface area contributed by atoms with Crippen molar-refractivity contribution >= 4 is 27.9 Å². The van der Waals surface area contributed by atoms with Gasteiger partial charge >= 0.3 is 0 Å². The van der Waals surface area contributed by atoms with Gasteiger partial charge in [-0.1, -0.05) is 22.8 Å². The van der Waals surface area contributed by atoms with Crippen molar-refractivity contribution < 1.29 is 4.55 Å². The van der Waals surface area contributed by atoms with Gasteiger partial charge in [0.25, 0.3) is 0 Å². The van der Waals surface area contributed by atoms with E-state index in [0.29, 0.717) is 18.1 Å². The lowest BCUT2D eigenvalue weighted by molar-refractivity contribution is 0.336. The van der Waals surface area contributed by atoms with Crippen LogP contribution in [0.25, 0.3) is 10.9 Å². The van der Waals surface area contributed by atoms with Crippen molar-refractivity contribution in [3.63, 3.8) is 0 Å². The average molecular weight is 361 g/mol. The first-order valence-electron chi connectivity index (χ1n) is 9.05. The fourth-order valence-corrected chi connectivity index (χ4v) is 4.49. The number of rotatable bonds is 6. The van der Waals surface area contributed by atoms with Crippen LogP contribution in [0.3, 0.4) is 0 Å². The van der Waals surface area contributed by atoms with E-state index in [0.717, 1.165) is 48.2 Å². The van der Waals surface area contributed by atoms with E-state index >= 15 is 0 Å². The number of anilines is 1. The molecule has 0 amide bonds. The molecule has 1 heterocycles. The highest BCUT2D eigenvalue weighted by atomic mass is 32.2. The minimum atomic E-state index is -0.738. The molecule has 1 fully saturated rings. The standard InChI is InChI=1S/C19H28N4OS/c1-13-4-9-18-17(10-13)19(21-12-20-18)23-16-7-5-15(6-8-16)22-14(2)11-25(3)24/h4,9-10,12,14-16,22H,5-8,11H2,1-3H3,(H,20,21,23)/t14?,15-,16-,25?. The molecular weight excluding hydrogens is 332 g/mol. The Morgan fingerprint density at radius 1 is 1.20 bits per heavy atom.